The van der Waals surface area contributed by atoms with Gasteiger partial charge in [0.2, 0.25) is 0 Å². The van der Waals surface area contributed by atoms with Gasteiger partial charge in [0.15, 0.2) is 0 Å². The second-order valence-electron chi connectivity index (χ2n) is 2.15. The molecule has 0 saturated heterocycles. The maximum atomic E-state index is 8.22. The van der Waals surface area contributed by atoms with Crippen LogP contribution >= 0.6 is 11.6 Å². The van der Waals surface area contributed by atoms with Crippen molar-refractivity contribution in [2.75, 3.05) is 6.54 Å². The highest BCUT2D eigenvalue weighted by Gasteiger charge is 1.92. The molecule has 0 heterocycles. The molecule has 3 heteroatoms. The quantitative estimate of drug-likeness (QED) is 0.506. The number of benzene rings is 1. The van der Waals surface area contributed by atoms with Gasteiger partial charge in [0.1, 0.15) is 6.54 Å². The van der Waals surface area contributed by atoms with Crippen LogP contribution in [0.25, 0.3) is 0 Å². The van der Waals surface area contributed by atoms with Crippen molar-refractivity contribution in [1.29, 1.82) is 5.26 Å². The molecule has 0 amide bonds. The van der Waals surface area contributed by atoms with Crippen molar-refractivity contribution >= 4 is 17.8 Å². The number of halogens is 1. The molecule has 60 valence electrons. The minimum Gasteiger partial charge on any atom is -0.277 e. The number of hydrogen-bond acceptors (Lipinski definition) is 2. The summed E-state index contributed by atoms with van der Waals surface area (Å²) in [6, 6.07) is 9.28. The topological polar surface area (TPSA) is 36.1 Å². The minimum absolute atomic E-state index is 0.172. The summed E-state index contributed by atoms with van der Waals surface area (Å²) in [5.41, 5.74) is 0.842. The first-order valence-electron chi connectivity index (χ1n) is 3.46. The first kappa shape index (κ1) is 8.76. The molecule has 0 aliphatic heterocycles. The van der Waals surface area contributed by atoms with Crippen LogP contribution in [-0.2, 0) is 0 Å². The van der Waals surface area contributed by atoms with Crippen molar-refractivity contribution in [1.82, 2.24) is 0 Å². The van der Waals surface area contributed by atoms with E-state index in [-0.39, 0.29) is 6.54 Å². The number of hydrogen-bond donors (Lipinski definition) is 0. The van der Waals surface area contributed by atoms with Gasteiger partial charge < -0.3 is 0 Å². The monoisotopic (exact) mass is 178 g/mol. The van der Waals surface area contributed by atoms with Gasteiger partial charge in [-0.3, -0.25) is 4.99 Å². The molecular weight excluding hydrogens is 172 g/mol. The smallest absolute Gasteiger partial charge is 0.126 e. The molecule has 0 spiro atoms. The molecule has 0 aromatic heterocycles. The van der Waals surface area contributed by atoms with E-state index in [1.165, 1.54) is 0 Å². The molecule has 0 bridgehead atoms. The lowest BCUT2D eigenvalue weighted by Gasteiger charge is -1.93. The van der Waals surface area contributed by atoms with Gasteiger partial charge in [0, 0.05) is 16.8 Å². The molecule has 0 fully saturated rings. The Hall–Kier alpha value is -1.33. The maximum Gasteiger partial charge on any atom is 0.126 e. The lowest BCUT2D eigenvalue weighted by Crippen LogP contribution is -1.83. The Balaban J connectivity index is 2.77. The van der Waals surface area contributed by atoms with Crippen LogP contribution in [0.15, 0.2) is 29.3 Å². The van der Waals surface area contributed by atoms with Crippen LogP contribution in [0.2, 0.25) is 5.02 Å². The Bertz CT molecular complexity index is 326. The normalized spacial score (nSPS) is 10.0. The molecule has 0 unspecified atom stereocenters. The predicted molar refractivity (Wildman–Crippen MR) is 49.5 cm³/mol. The molecule has 1 aromatic rings. The fourth-order valence-corrected chi connectivity index (χ4v) is 0.949. The van der Waals surface area contributed by atoms with Crippen molar-refractivity contribution in [3.05, 3.63) is 34.9 Å². The van der Waals surface area contributed by atoms with Gasteiger partial charge in [-0.25, -0.2) is 0 Å². The first-order chi connectivity index (χ1) is 5.84. The fraction of sp³-hybridized carbons (Fsp3) is 0.111. The van der Waals surface area contributed by atoms with E-state index in [0.717, 1.165) is 5.56 Å². The van der Waals surface area contributed by atoms with E-state index in [1.54, 1.807) is 12.3 Å². The van der Waals surface area contributed by atoms with Crippen molar-refractivity contribution in [3.8, 4) is 6.07 Å². The van der Waals surface area contributed by atoms with Crippen molar-refractivity contribution in [3.63, 3.8) is 0 Å². The summed E-state index contributed by atoms with van der Waals surface area (Å²) in [6.45, 7) is 0.172. The summed E-state index contributed by atoms with van der Waals surface area (Å²) in [5, 5.41) is 8.87. The SMILES string of the molecule is N#CCN=Cc1ccccc1Cl. The highest BCUT2D eigenvalue weighted by Crippen LogP contribution is 2.11. The Morgan fingerprint density at radius 3 is 2.92 bits per heavy atom. The van der Waals surface area contributed by atoms with Crippen molar-refractivity contribution in [2.45, 2.75) is 0 Å². The van der Waals surface area contributed by atoms with Gasteiger partial charge in [-0.05, 0) is 6.07 Å². The van der Waals surface area contributed by atoms with Crippen LogP contribution < -0.4 is 0 Å². The highest BCUT2D eigenvalue weighted by molar-refractivity contribution is 6.33. The van der Waals surface area contributed by atoms with Crippen LogP contribution in [-0.4, -0.2) is 12.8 Å². The first-order valence-corrected chi connectivity index (χ1v) is 3.83. The van der Waals surface area contributed by atoms with E-state index >= 15 is 0 Å². The summed E-state index contributed by atoms with van der Waals surface area (Å²) in [4.78, 5) is 3.85. The molecular formula is C9H7ClN2. The van der Waals surface area contributed by atoms with E-state index in [4.69, 9.17) is 16.9 Å². The lowest BCUT2D eigenvalue weighted by atomic mass is 10.2. The second-order valence-corrected chi connectivity index (χ2v) is 2.56. The molecule has 0 N–H and O–H groups in total. The van der Waals surface area contributed by atoms with E-state index in [1.807, 2.05) is 24.3 Å². The van der Waals surface area contributed by atoms with E-state index in [2.05, 4.69) is 4.99 Å². The van der Waals surface area contributed by atoms with Gasteiger partial charge >= 0.3 is 0 Å². The Labute approximate surface area is 76.1 Å². The molecule has 0 aliphatic rings. The van der Waals surface area contributed by atoms with E-state index in [9.17, 15) is 0 Å². The summed E-state index contributed by atoms with van der Waals surface area (Å²) in [7, 11) is 0. The third-order valence-corrected chi connectivity index (χ3v) is 1.64. The molecule has 2 nitrogen and oxygen atoms in total. The average molecular weight is 179 g/mol. The van der Waals surface area contributed by atoms with Crippen molar-refractivity contribution in [2.24, 2.45) is 4.99 Å². The van der Waals surface area contributed by atoms with Crippen LogP contribution in [0.1, 0.15) is 5.56 Å². The van der Waals surface area contributed by atoms with Gasteiger partial charge in [0.25, 0.3) is 0 Å². The maximum absolute atomic E-state index is 8.22. The number of rotatable bonds is 2. The van der Waals surface area contributed by atoms with Crippen LogP contribution in [0.4, 0.5) is 0 Å². The van der Waals surface area contributed by atoms with E-state index < -0.39 is 0 Å². The van der Waals surface area contributed by atoms with Gasteiger partial charge in [-0.15, -0.1) is 0 Å². The summed E-state index contributed by atoms with van der Waals surface area (Å²) >= 11 is 5.83. The molecule has 0 radical (unpaired) electrons. The highest BCUT2D eigenvalue weighted by atomic mass is 35.5. The third kappa shape index (κ3) is 2.37. The van der Waals surface area contributed by atoms with Crippen LogP contribution in [0.5, 0.6) is 0 Å². The molecule has 1 rings (SSSR count). The lowest BCUT2D eigenvalue weighted by molar-refractivity contribution is 1.25. The Morgan fingerprint density at radius 2 is 2.25 bits per heavy atom. The van der Waals surface area contributed by atoms with Gasteiger partial charge in [0.05, 0.1) is 6.07 Å². The summed E-state index contributed by atoms with van der Waals surface area (Å²) in [6.07, 6.45) is 1.60. The molecule has 1 aromatic carbocycles. The standard InChI is InChI=1S/C9H7ClN2/c10-9-4-2-1-3-8(9)7-12-6-5-11/h1-4,7H,6H2. The predicted octanol–water partition coefficient (Wildman–Crippen LogP) is 2.28. The number of aliphatic imine (C=N–C) groups is 1. The van der Waals surface area contributed by atoms with Gasteiger partial charge in [-0.2, -0.15) is 5.26 Å². The van der Waals surface area contributed by atoms with Crippen LogP contribution in [0.3, 0.4) is 0 Å². The third-order valence-electron chi connectivity index (χ3n) is 1.30. The zero-order chi connectivity index (χ0) is 8.81. The zero-order valence-corrected chi connectivity index (χ0v) is 7.12. The molecule has 12 heavy (non-hydrogen) atoms. The fourth-order valence-electron chi connectivity index (χ4n) is 0.765. The average Bonchev–Trinajstić information content (AvgIpc) is 2.09. The van der Waals surface area contributed by atoms with E-state index in [0.29, 0.717) is 5.02 Å². The molecule has 0 atom stereocenters. The van der Waals surface area contributed by atoms with Crippen LogP contribution in [0, 0.1) is 11.3 Å². The zero-order valence-electron chi connectivity index (χ0n) is 6.37. The number of nitrogens with zero attached hydrogens (tertiary/aromatic N) is 2. The van der Waals surface area contributed by atoms with Gasteiger partial charge in [-0.1, -0.05) is 29.8 Å². The Kier molecular flexibility index (Phi) is 3.31. The molecule has 0 aliphatic carbocycles. The Morgan fingerprint density at radius 1 is 1.50 bits per heavy atom. The minimum atomic E-state index is 0.172. The second kappa shape index (κ2) is 4.53. The molecule has 0 saturated carbocycles. The van der Waals surface area contributed by atoms with Crippen molar-refractivity contribution < 1.29 is 0 Å². The largest absolute Gasteiger partial charge is 0.277 e. The summed E-state index contributed by atoms with van der Waals surface area (Å²) in [5.74, 6) is 0. The summed E-state index contributed by atoms with van der Waals surface area (Å²) < 4.78 is 0. The number of nitriles is 1.